The molecule has 1 atom stereocenters. The smallest absolute Gasteiger partial charge is 0.256 e. The van der Waals surface area contributed by atoms with Crippen molar-refractivity contribution in [3.8, 4) is 17.2 Å². The van der Waals surface area contributed by atoms with Crippen LogP contribution in [0.1, 0.15) is 55.2 Å². The summed E-state index contributed by atoms with van der Waals surface area (Å²) in [4.78, 5) is 31.4. The lowest BCUT2D eigenvalue weighted by molar-refractivity contribution is -0.126. The topological polar surface area (TPSA) is 97.1 Å². The van der Waals surface area contributed by atoms with Crippen molar-refractivity contribution >= 4 is 17.5 Å². The van der Waals surface area contributed by atoms with Gasteiger partial charge in [-0.25, -0.2) is 0 Å². The van der Waals surface area contributed by atoms with Crippen LogP contribution in [0.3, 0.4) is 0 Å². The minimum absolute atomic E-state index is 0.208. The number of methoxy groups -OCH3 is 1. The molecule has 1 unspecified atom stereocenters. The molecule has 0 radical (unpaired) electrons. The van der Waals surface area contributed by atoms with Crippen LogP contribution in [-0.2, 0) is 11.2 Å². The second kappa shape index (κ2) is 12.9. The number of nitrogens with one attached hydrogen (secondary N) is 1. The van der Waals surface area contributed by atoms with E-state index in [4.69, 9.17) is 15.2 Å². The fourth-order valence-electron chi connectivity index (χ4n) is 5.31. The number of para-hydroxylation sites is 1. The van der Waals surface area contributed by atoms with Crippen molar-refractivity contribution < 1.29 is 19.1 Å². The van der Waals surface area contributed by atoms with Gasteiger partial charge in [-0.3, -0.25) is 14.5 Å². The normalized spacial score (nSPS) is 14.8. The minimum atomic E-state index is -0.780. The van der Waals surface area contributed by atoms with Gasteiger partial charge < -0.3 is 25.4 Å². The van der Waals surface area contributed by atoms with Gasteiger partial charge in [0, 0.05) is 37.4 Å². The molecule has 1 aliphatic heterocycles. The molecule has 8 nitrogen and oxygen atoms in total. The van der Waals surface area contributed by atoms with Crippen molar-refractivity contribution in [3.05, 3.63) is 83.4 Å². The first-order chi connectivity index (χ1) is 19.2. The number of nitrogens with two attached hydrogens (primary N) is 1. The van der Waals surface area contributed by atoms with E-state index in [0.29, 0.717) is 54.3 Å². The second-order valence-electron chi connectivity index (χ2n) is 10.6. The Kier molecular flexibility index (Phi) is 9.32. The first-order valence-electron chi connectivity index (χ1n) is 13.8. The maximum atomic E-state index is 13.8. The van der Waals surface area contributed by atoms with Crippen molar-refractivity contribution in [2.75, 3.05) is 32.5 Å². The number of nitrogens with zero attached hydrogens (tertiary/aromatic N) is 2. The Hall–Kier alpha value is -4.04. The molecule has 0 spiro atoms. The van der Waals surface area contributed by atoms with Gasteiger partial charge >= 0.3 is 0 Å². The van der Waals surface area contributed by atoms with Crippen molar-refractivity contribution in [1.29, 1.82) is 0 Å². The maximum Gasteiger partial charge on any atom is 0.256 e. The third-order valence-electron chi connectivity index (χ3n) is 7.33. The number of ether oxygens (including phenoxy) is 2. The van der Waals surface area contributed by atoms with Crippen molar-refractivity contribution in [2.45, 2.75) is 52.2 Å². The predicted molar refractivity (Wildman–Crippen MR) is 158 cm³/mol. The van der Waals surface area contributed by atoms with E-state index < -0.39 is 6.04 Å². The largest absolute Gasteiger partial charge is 0.497 e. The molecule has 1 aliphatic rings. The summed E-state index contributed by atoms with van der Waals surface area (Å²) in [6, 6.07) is 20.0. The van der Waals surface area contributed by atoms with Gasteiger partial charge in [-0.15, -0.1) is 0 Å². The summed E-state index contributed by atoms with van der Waals surface area (Å²) in [5.74, 6) is 1.63. The standard InChI is InChI=1S/C32H40N4O4/c1-21(2)35(22(3)4)19-17-34-31(37)30-27-15-14-26(40-25-12-10-24(39-5)11-13-25)20-23(27)16-18-36(30)32(38)28-8-6-7-9-29(28)33/h6-15,20-22,30H,16-19,33H2,1-5H3,(H,34,37). The molecule has 0 fully saturated rings. The highest BCUT2D eigenvalue weighted by Crippen LogP contribution is 2.35. The van der Waals surface area contributed by atoms with Gasteiger partial charge in [-0.1, -0.05) is 18.2 Å². The molecule has 40 heavy (non-hydrogen) atoms. The third kappa shape index (κ3) is 6.57. The lowest BCUT2D eigenvalue weighted by atomic mass is 9.91. The van der Waals surface area contributed by atoms with Crippen LogP contribution in [0.4, 0.5) is 5.69 Å². The zero-order chi connectivity index (χ0) is 28.8. The Balaban J connectivity index is 1.60. The molecule has 1 heterocycles. The average Bonchev–Trinajstić information content (AvgIpc) is 2.94. The van der Waals surface area contributed by atoms with E-state index in [1.165, 1.54) is 0 Å². The molecule has 3 aromatic carbocycles. The predicted octanol–water partition coefficient (Wildman–Crippen LogP) is 5.04. The van der Waals surface area contributed by atoms with Gasteiger partial charge in [-0.2, -0.15) is 0 Å². The van der Waals surface area contributed by atoms with Crippen molar-refractivity contribution in [3.63, 3.8) is 0 Å². The summed E-state index contributed by atoms with van der Waals surface area (Å²) in [5.41, 5.74) is 8.70. The van der Waals surface area contributed by atoms with E-state index in [-0.39, 0.29) is 11.8 Å². The summed E-state index contributed by atoms with van der Waals surface area (Å²) in [6.07, 6.45) is 0.589. The minimum Gasteiger partial charge on any atom is -0.497 e. The number of carbonyl (C=O) groups excluding carboxylic acids is 2. The molecule has 212 valence electrons. The molecule has 3 N–H and O–H groups in total. The number of hydrogen-bond donors (Lipinski definition) is 2. The molecule has 0 aliphatic carbocycles. The molecule has 0 aromatic heterocycles. The molecular formula is C32H40N4O4. The highest BCUT2D eigenvalue weighted by atomic mass is 16.5. The Morgan fingerprint density at radius 1 is 0.975 bits per heavy atom. The first kappa shape index (κ1) is 29.0. The van der Waals surface area contributed by atoms with Gasteiger partial charge in [0.1, 0.15) is 23.3 Å². The monoisotopic (exact) mass is 544 g/mol. The van der Waals surface area contributed by atoms with Crippen LogP contribution in [0, 0.1) is 0 Å². The van der Waals surface area contributed by atoms with Crippen molar-refractivity contribution in [2.24, 2.45) is 0 Å². The second-order valence-corrected chi connectivity index (χ2v) is 10.6. The van der Waals surface area contributed by atoms with Gasteiger partial charge in [0.05, 0.1) is 12.7 Å². The summed E-state index contributed by atoms with van der Waals surface area (Å²) in [7, 11) is 1.62. The molecule has 2 amide bonds. The average molecular weight is 545 g/mol. The van der Waals surface area contributed by atoms with E-state index in [1.807, 2.05) is 42.5 Å². The Bertz CT molecular complexity index is 1310. The summed E-state index contributed by atoms with van der Waals surface area (Å²) >= 11 is 0. The molecule has 3 aromatic rings. The molecular weight excluding hydrogens is 504 g/mol. The Morgan fingerprint density at radius 2 is 1.62 bits per heavy atom. The number of rotatable bonds is 10. The number of amides is 2. The molecule has 4 rings (SSSR count). The van der Waals surface area contributed by atoms with E-state index in [0.717, 1.165) is 23.4 Å². The van der Waals surface area contributed by atoms with Crippen LogP contribution in [-0.4, -0.2) is 60.4 Å². The van der Waals surface area contributed by atoms with Gasteiger partial charge in [0.2, 0.25) is 5.91 Å². The highest BCUT2D eigenvalue weighted by molar-refractivity contribution is 6.02. The van der Waals surface area contributed by atoms with E-state index in [2.05, 4.69) is 37.9 Å². The van der Waals surface area contributed by atoms with Crippen LogP contribution in [0.25, 0.3) is 0 Å². The number of nitrogen functional groups attached to an aromatic ring is 1. The first-order valence-corrected chi connectivity index (χ1v) is 13.8. The lowest BCUT2D eigenvalue weighted by Crippen LogP contribution is -2.49. The fourth-order valence-corrected chi connectivity index (χ4v) is 5.31. The van der Waals surface area contributed by atoms with Crippen LogP contribution in [0.15, 0.2) is 66.7 Å². The van der Waals surface area contributed by atoms with Crippen LogP contribution in [0.5, 0.6) is 17.2 Å². The SMILES string of the molecule is COc1ccc(Oc2ccc3c(c2)CCN(C(=O)c2ccccc2N)C3C(=O)NCCN(C(C)C)C(C)C)cc1. The number of fused-ring (bicyclic) bond motifs is 1. The third-order valence-corrected chi connectivity index (χ3v) is 7.33. The van der Waals surface area contributed by atoms with Crippen LogP contribution >= 0.6 is 0 Å². The van der Waals surface area contributed by atoms with Gasteiger partial charge in [0.15, 0.2) is 0 Å². The molecule has 0 bridgehead atoms. The highest BCUT2D eigenvalue weighted by Gasteiger charge is 2.37. The lowest BCUT2D eigenvalue weighted by Gasteiger charge is -2.37. The summed E-state index contributed by atoms with van der Waals surface area (Å²) in [5, 5.41) is 3.10. The Morgan fingerprint density at radius 3 is 2.27 bits per heavy atom. The van der Waals surface area contributed by atoms with Gasteiger partial charge in [-0.05, 0) is 93.8 Å². The molecule has 0 saturated heterocycles. The van der Waals surface area contributed by atoms with Crippen LogP contribution in [0.2, 0.25) is 0 Å². The van der Waals surface area contributed by atoms with E-state index in [9.17, 15) is 9.59 Å². The van der Waals surface area contributed by atoms with Crippen LogP contribution < -0.4 is 20.5 Å². The van der Waals surface area contributed by atoms with E-state index >= 15 is 0 Å². The summed E-state index contributed by atoms with van der Waals surface area (Å²) in [6.45, 7) is 10.2. The molecule has 8 heteroatoms. The zero-order valence-corrected chi connectivity index (χ0v) is 24.0. The zero-order valence-electron chi connectivity index (χ0n) is 24.0. The Labute approximate surface area is 237 Å². The number of anilines is 1. The fraction of sp³-hybridized carbons (Fsp3) is 0.375. The summed E-state index contributed by atoms with van der Waals surface area (Å²) < 4.78 is 11.3. The maximum absolute atomic E-state index is 13.8. The van der Waals surface area contributed by atoms with Crippen molar-refractivity contribution in [1.82, 2.24) is 15.1 Å². The van der Waals surface area contributed by atoms with E-state index in [1.54, 1.807) is 36.3 Å². The number of carbonyl (C=O) groups is 2. The number of benzene rings is 3. The van der Waals surface area contributed by atoms with Gasteiger partial charge in [0.25, 0.3) is 5.91 Å². The molecule has 0 saturated carbocycles. The number of hydrogen-bond acceptors (Lipinski definition) is 6. The quantitative estimate of drug-likeness (QED) is 0.347.